The van der Waals surface area contributed by atoms with Crippen LogP contribution in [0, 0.1) is 6.92 Å². The Balaban J connectivity index is 2.07. The molecule has 0 bridgehead atoms. The minimum atomic E-state index is -0.0497. The van der Waals surface area contributed by atoms with Crippen LogP contribution in [0.2, 0.25) is 0 Å². The maximum absolute atomic E-state index is 12.3. The fourth-order valence-corrected chi connectivity index (χ4v) is 1.99. The molecule has 1 aromatic heterocycles. The van der Waals surface area contributed by atoms with Gasteiger partial charge in [0.1, 0.15) is 5.82 Å². The molecule has 0 saturated carbocycles. The van der Waals surface area contributed by atoms with E-state index in [-0.39, 0.29) is 5.91 Å². The highest BCUT2D eigenvalue weighted by molar-refractivity contribution is 5.94. The third-order valence-corrected chi connectivity index (χ3v) is 2.98. The molecular formula is C14H19N5O. The van der Waals surface area contributed by atoms with Crippen molar-refractivity contribution >= 4 is 5.91 Å². The Morgan fingerprint density at radius 3 is 2.90 bits per heavy atom. The van der Waals surface area contributed by atoms with Crippen molar-refractivity contribution in [1.82, 2.24) is 20.1 Å². The van der Waals surface area contributed by atoms with Gasteiger partial charge >= 0.3 is 0 Å². The van der Waals surface area contributed by atoms with E-state index in [1.54, 1.807) is 11.9 Å². The number of carbonyl (C=O) groups is 1. The van der Waals surface area contributed by atoms with Gasteiger partial charge in [-0.25, -0.2) is 4.98 Å². The van der Waals surface area contributed by atoms with Crippen molar-refractivity contribution in [2.75, 3.05) is 13.6 Å². The fourth-order valence-electron chi connectivity index (χ4n) is 1.99. The quantitative estimate of drug-likeness (QED) is 0.846. The minimum absolute atomic E-state index is 0.0497. The summed E-state index contributed by atoms with van der Waals surface area (Å²) in [6, 6.07) is 7.54. The normalized spacial score (nSPS) is 10.6. The number of nitrogens with one attached hydrogen (secondary N) is 1. The molecule has 0 fully saturated rings. The van der Waals surface area contributed by atoms with Gasteiger partial charge in [-0.05, 0) is 37.6 Å². The van der Waals surface area contributed by atoms with Crippen LogP contribution in [0.1, 0.15) is 27.6 Å². The molecule has 2 aromatic rings. The number of H-pyrrole nitrogens is 1. The highest BCUT2D eigenvalue weighted by Gasteiger charge is 2.14. The van der Waals surface area contributed by atoms with E-state index in [2.05, 4.69) is 15.2 Å². The molecular weight excluding hydrogens is 254 g/mol. The zero-order valence-corrected chi connectivity index (χ0v) is 11.8. The zero-order valence-electron chi connectivity index (χ0n) is 11.8. The highest BCUT2D eigenvalue weighted by Crippen LogP contribution is 2.09. The first kappa shape index (κ1) is 14.2. The lowest BCUT2D eigenvalue weighted by atomic mass is 10.1. The number of benzene rings is 1. The van der Waals surface area contributed by atoms with E-state index >= 15 is 0 Å². The van der Waals surface area contributed by atoms with E-state index < -0.39 is 0 Å². The smallest absolute Gasteiger partial charge is 0.254 e. The average molecular weight is 273 g/mol. The third kappa shape index (κ3) is 3.42. The summed E-state index contributed by atoms with van der Waals surface area (Å²) in [5.74, 6) is 1.30. The largest absolute Gasteiger partial charge is 0.334 e. The molecule has 0 aliphatic heterocycles. The second-order valence-corrected chi connectivity index (χ2v) is 4.74. The van der Waals surface area contributed by atoms with Gasteiger partial charge in [-0.1, -0.05) is 12.1 Å². The molecule has 0 aliphatic carbocycles. The lowest BCUT2D eigenvalue weighted by molar-refractivity contribution is 0.0781. The van der Waals surface area contributed by atoms with Crippen molar-refractivity contribution < 1.29 is 4.79 Å². The van der Waals surface area contributed by atoms with E-state index in [1.165, 1.54) is 0 Å². The number of aromatic amines is 1. The summed E-state index contributed by atoms with van der Waals surface area (Å²) in [5.41, 5.74) is 7.26. The van der Waals surface area contributed by atoms with E-state index in [0.717, 1.165) is 17.8 Å². The van der Waals surface area contributed by atoms with Gasteiger partial charge in [0, 0.05) is 12.6 Å². The first-order valence-corrected chi connectivity index (χ1v) is 6.52. The van der Waals surface area contributed by atoms with Gasteiger partial charge in [0.15, 0.2) is 5.82 Å². The molecule has 0 radical (unpaired) electrons. The van der Waals surface area contributed by atoms with Crippen LogP contribution in [-0.4, -0.2) is 39.6 Å². The summed E-state index contributed by atoms with van der Waals surface area (Å²) in [5, 5.41) is 6.80. The predicted octanol–water partition coefficient (Wildman–Crippen LogP) is 0.887. The molecule has 3 N–H and O–H groups in total. The number of rotatable bonds is 5. The number of aromatic nitrogens is 3. The van der Waals surface area contributed by atoms with E-state index in [4.69, 9.17) is 5.73 Å². The molecule has 1 aromatic carbocycles. The Morgan fingerprint density at radius 1 is 1.45 bits per heavy atom. The molecule has 106 valence electrons. The standard InChI is InChI=1S/C14H19N5O/c1-10-16-13(18-17-10)9-19(2)14(20)12-5-3-4-11(8-12)6-7-15/h3-5,8H,6-7,9,15H2,1-2H3,(H,16,17,18). The van der Waals surface area contributed by atoms with Gasteiger partial charge in [0.2, 0.25) is 0 Å². The fraction of sp³-hybridized carbons (Fsp3) is 0.357. The second kappa shape index (κ2) is 6.29. The minimum Gasteiger partial charge on any atom is -0.334 e. The van der Waals surface area contributed by atoms with Gasteiger partial charge in [-0.15, -0.1) is 0 Å². The van der Waals surface area contributed by atoms with Gasteiger partial charge in [0.25, 0.3) is 5.91 Å². The summed E-state index contributed by atoms with van der Waals surface area (Å²) in [6.07, 6.45) is 0.769. The molecule has 0 spiro atoms. The summed E-state index contributed by atoms with van der Waals surface area (Å²) >= 11 is 0. The number of hydrogen-bond acceptors (Lipinski definition) is 4. The number of nitrogens with zero attached hydrogens (tertiary/aromatic N) is 3. The van der Waals surface area contributed by atoms with Crippen LogP contribution < -0.4 is 5.73 Å². The maximum Gasteiger partial charge on any atom is 0.254 e. The summed E-state index contributed by atoms with van der Waals surface area (Å²) in [7, 11) is 1.74. The van der Waals surface area contributed by atoms with Crippen molar-refractivity contribution in [1.29, 1.82) is 0 Å². The third-order valence-electron chi connectivity index (χ3n) is 2.98. The second-order valence-electron chi connectivity index (χ2n) is 4.74. The molecule has 0 atom stereocenters. The van der Waals surface area contributed by atoms with Crippen LogP contribution >= 0.6 is 0 Å². The summed E-state index contributed by atoms with van der Waals surface area (Å²) in [6.45, 7) is 2.78. The zero-order chi connectivity index (χ0) is 14.5. The van der Waals surface area contributed by atoms with Gasteiger partial charge in [0.05, 0.1) is 6.54 Å². The average Bonchev–Trinajstić information content (AvgIpc) is 2.84. The maximum atomic E-state index is 12.3. The molecule has 6 nitrogen and oxygen atoms in total. The van der Waals surface area contributed by atoms with Gasteiger partial charge in [-0.3, -0.25) is 9.89 Å². The Kier molecular flexibility index (Phi) is 4.47. The van der Waals surface area contributed by atoms with Crippen LogP contribution in [0.3, 0.4) is 0 Å². The summed E-state index contributed by atoms with van der Waals surface area (Å²) in [4.78, 5) is 18.1. The Hall–Kier alpha value is -2.21. The first-order valence-electron chi connectivity index (χ1n) is 6.52. The first-order chi connectivity index (χ1) is 9.60. The topological polar surface area (TPSA) is 87.9 Å². The predicted molar refractivity (Wildman–Crippen MR) is 76.1 cm³/mol. The van der Waals surface area contributed by atoms with Gasteiger partial charge < -0.3 is 10.6 Å². The molecule has 20 heavy (non-hydrogen) atoms. The monoisotopic (exact) mass is 273 g/mol. The molecule has 0 aliphatic rings. The van der Waals surface area contributed by atoms with Crippen molar-refractivity contribution in [3.05, 3.63) is 47.0 Å². The Bertz CT molecular complexity index is 593. The van der Waals surface area contributed by atoms with E-state index in [9.17, 15) is 4.79 Å². The van der Waals surface area contributed by atoms with Crippen molar-refractivity contribution in [3.8, 4) is 0 Å². The van der Waals surface area contributed by atoms with Crippen molar-refractivity contribution in [2.24, 2.45) is 5.73 Å². The Labute approximate surface area is 118 Å². The molecule has 1 amide bonds. The summed E-state index contributed by atoms with van der Waals surface area (Å²) < 4.78 is 0. The van der Waals surface area contributed by atoms with Crippen LogP contribution in [-0.2, 0) is 13.0 Å². The SMILES string of the molecule is Cc1nc(CN(C)C(=O)c2cccc(CCN)c2)n[nH]1. The van der Waals surface area contributed by atoms with Crippen molar-refractivity contribution in [2.45, 2.75) is 19.9 Å². The van der Waals surface area contributed by atoms with Crippen LogP contribution in [0.25, 0.3) is 0 Å². The van der Waals surface area contributed by atoms with E-state index in [1.807, 2.05) is 31.2 Å². The lowest BCUT2D eigenvalue weighted by Crippen LogP contribution is -2.26. The van der Waals surface area contributed by atoms with Crippen LogP contribution in [0.5, 0.6) is 0 Å². The molecule has 0 saturated heterocycles. The number of nitrogens with two attached hydrogens (primary N) is 1. The molecule has 6 heteroatoms. The van der Waals surface area contributed by atoms with Crippen molar-refractivity contribution in [3.63, 3.8) is 0 Å². The number of carbonyl (C=O) groups excluding carboxylic acids is 1. The number of amides is 1. The van der Waals surface area contributed by atoms with Crippen LogP contribution in [0.15, 0.2) is 24.3 Å². The molecule has 1 heterocycles. The molecule has 0 unspecified atom stereocenters. The van der Waals surface area contributed by atoms with Crippen LogP contribution in [0.4, 0.5) is 0 Å². The number of aryl methyl sites for hydroxylation is 1. The number of hydrogen-bond donors (Lipinski definition) is 2. The Morgan fingerprint density at radius 2 is 2.25 bits per heavy atom. The highest BCUT2D eigenvalue weighted by atomic mass is 16.2. The molecule has 2 rings (SSSR count). The lowest BCUT2D eigenvalue weighted by Gasteiger charge is -2.15. The van der Waals surface area contributed by atoms with E-state index in [0.29, 0.717) is 24.5 Å². The van der Waals surface area contributed by atoms with Gasteiger partial charge in [-0.2, -0.15) is 5.10 Å².